The first-order valence-corrected chi connectivity index (χ1v) is 2.07. The molecule has 0 aromatic carbocycles. The normalized spacial score (nSPS) is 9.38. The summed E-state index contributed by atoms with van der Waals surface area (Å²) in [6.07, 6.45) is 0. The zero-order chi connectivity index (χ0) is 6.41. The van der Waals surface area contributed by atoms with E-state index in [1.807, 2.05) is 0 Å². The molecule has 8 heavy (non-hydrogen) atoms. The van der Waals surface area contributed by atoms with Gasteiger partial charge in [0.2, 0.25) is 0 Å². The third kappa shape index (κ3) is 5.86. The number of hydrogen-bond donors (Lipinski definition) is 3. The summed E-state index contributed by atoms with van der Waals surface area (Å²) >= 11 is 0. The van der Waals surface area contributed by atoms with Gasteiger partial charge in [-0.1, -0.05) is 0 Å². The Morgan fingerprint density at radius 2 is 2.00 bits per heavy atom. The molecule has 0 bridgehead atoms. The standard InChI is InChI=1S/C2H8BNO4/c4-8-2-1-7-3(5)6/h5-6H,1-2,4H2. The fourth-order valence-electron chi connectivity index (χ4n) is 0.202. The summed E-state index contributed by atoms with van der Waals surface area (Å²) in [4.78, 5) is 4.04. The minimum Gasteiger partial charge on any atom is -0.402 e. The maximum Gasteiger partial charge on any atom is 0.633 e. The Kier molecular flexibility index (Phi) is 4.93. The minimum absolute atomic E-state index is 0.0775. The molecule has 4 N–H and O–H groups in total. The highest BCUT2D eigenvalue weighted by atomic mass is 16.7. The minimum atomic E-state index is -1.73. The fourth-order valence-corrected chi connectivity index (χ4v) is 0.202. The lowest BCUT2D eigenvalue weighted by Crippen LogP contribution is -2.20. The van der Waals surface area contributed by atoms with Crippen LogP contribution in [-0.2, 0) is 9.49 Å². The SMILES string of the molecule is NOCCOB(O)O. The van der Waals surface area contributed by atoms with Gasteiger partial charge in [-0.3, -0.25) is 0 Å². The Bertz CT molecular complexity index is 51.3. The van der Waals surface area contributed by atoms with E-state index in [1.54, 1.807) is 0 Å². The molecule has 0 unspecified atom stereocenters. The molecule has 0 aromatic rings. The second kappa shape index (κ2) is 5.01. The van der Waals surface area contributed by atoms with Crippen molar-refractivity contribution in [3.05, 3.63) is 0 Å². The Morgan fingerprint density at radius 1 is 1.38 bits per heavy atom. The van der Waals surface area contributed by atoms with Crippen LogP contribution in [0.15, 0.2) is 0 Å². The fraction of sp³-hybridized carbons (Fsp3) is 1.00. The molecule has 0 rings (SSSR count). The zero-order valence-electron chi connectivity index (χ0n) is 4.28. The van der Waals surface area contributed by atoms with Crippen LogP contribution in [0.25, 0.3) is 0 Å². The van der Waals surface area contributed by atoms with Gasteiger partial charge in [-0.2, -0.15) is 0 Å². The van der Waals surface area contributed by atoms with E-state index in [9.17, 15) is 0 Å². The van der Waals surface area contributed by atoms with E-state index in [0.717, 1.165) is 0 Å². The molecule has 0 aliphatic rings. The molecule has 0 atom stereocenters. The van der Waals surface area contributed by atoms with Crippen molar-refractivity contribution < 1.29 is 19.5 Å². The van der Waals surface area contributed by atoms with Gasteiger partial charge in [0.25, 0.3) is 0 Å². The van der Waals surface area contributed by atoms with Crippen LogP contribution in [0.1, 0.15) is 0 Å². The van der Waals surface area contributed by atoms with E-state index >= 15 is 0 Å². The first-order chi connectivity index (χ1) is 3.77. The highest BCUT2D eigenvalue weighted by Crippen LogP contribution is 1.73. The predicted molar refractivity (Wildman–Crippen MR) is 26.3 cm³/mol. The number of nitrogens with two attached hydrogens (primary N) is 1. The van der Waals surface area contributed by atoms with Crippen molar-refractivity contribution in [3.8, 4) is 0 Å². The van der Waals surface area contributed by atoms with Crippen molar-refractivity contribution >= 4 is 7.32 Å². The highest BCUT2D eigenvalue weighted by molar-refractivity contribution is 6.32. The second-order valence-corrected chi connectivity index (χ2v) is 1.07. The lowest BCUT2D eigenvalue weighted by atomic mass is 10.3. The summed E-state index contributed by atoms with van der Waals surface area (Å²) in [7, 11) is -1.73. The van der Waals surface area contributed by atoms with Crippen molar-refractivity contribution in [2.75, 3.05) is 13.2 Å². The van der Waals surface area contributed by atoms with Gasteiger partial charge in [0.1, 0.15) is 0 Å². The van der Waals surface area contributed by atoms with Crippen LogP contribution in [0.4, 0.5) is 0 Å². The molecule has 0 aliphatic heterocycles. The topological polar surface area (TPSA) is 84.9 Å². The van der Waals surface area contributed by atoms with E-state index < -0.39 is 7.32 Å². The van der Waals surface area contributed by atoms with Crippen LogP contribution in [0, 0.1) is 0 Å². The second-order valence-electron chi connectivity index (χ2n) is 1.07. The lowest BCUT2D eigenvalue weighted by Gasteiger charge is -1.98. The van der Waals surface area contributed by atoms with E-state index in [4.69, 9.17) is 10.0 Å². The van der Waals surface area contributed by atoms with Gasteiger partial charge < -0.3 is 19.5 Å². The Labute approximate surface area is 47.1 Å². The van der Waals surface area contributed by atoms with Gasteiger partial charge in [0, 0.05) is 0 Å². The van der Waals surface area contributed by atoms with Gasteiger partial charge >= 0.3 is 7.32 Å². The maximum absolute atomic E-state index is 8.02. The summed E-state index contributed by atoms with van der Waals surface area (Å²) in [6, 6.07) is 0. The quantitative estimate of drug-likeness (QED) is 0.224. The molecule has 0 heterocycles. The van der Waals surface area contributed by atoms with Crippen molar-refractivity contribution in [1.82, 2.24) is 0 Å². The van der Waals surface area contributed by atoms with Crippen LogP contribution >= 0.6 is 0 Å². The Morgan fingerprint density at radius 3 is 2.38 bits per heavy atom. The van der Waals surface area contributed by atoms with Gasteiger partial charge in [-0.25, -0.2) is 5.90 Å². The van der Waals surface area contributed by atoms with E-state index in [0.29, 0.717) is 0 Å². The maximum atomic E-state index is 8.02. The molecule has 0 spiro atoms. The van der Waals surface area contributed by atoms with Crippen LogP contribution < -0.4 is 5.90 Å². The zero-order valence-corrected chi connectivity index (χ0v) is 4.28. The molecule has 0 saturated carbocycles. The van der Waals surface area contributed by atoms with Crippen molar-refractivity contribution in [3.63, 3.8) is 0 Å². The summed E-state index contributed by atoms with van der Waals surface area (Å²) in [5, 5.41) is 16.0. The molecular formula is C2H8BNO4. The van der Waals surface area contributed by atoms with Gasteiger partial charge in [-0.05, 0) is 0 Å². The third-order valence-electron chi connectivity index (χ3n) is 0.468. The van der Waals surface area contributed by atoms with E-state index in [2.05, 4.69) is 15.4 Å². The van der Waals surface area contributed by atoms with Gasteiger partial charge in [-0.15, -0.1) is 0 Å². The average molecular weight is 121 g/mol. The monoisotopic (exact) mass is 121 g/mol. The van der Waals surface area contributed by atoms with Crippen molar-refractivity contribution in [1.29, 1.82) is 0 Å². The molecule has 6 heteroatoms. The lowest BCUT2D eigenvalue weighted by molar-refractivity contribution is 0.0803. The van der Waals surface area contributed by atoms with E-state index in [-0.39, 0.29) is 13.2 Å². The molecular weight excluding hydrogens is 113 g/mol. The summed E-state index contributed by atoms with van der Waals surface area (Å²) < 4.78 is 4.19. The molecule has 0 aromatic heterocycles. The summed E-state index contributed by atoms with van der Waals surface area (Å²) in [5.74, 6) is 4.57. The predicted octanol–water partition coefficient (Wildman–Crippen LogP) is -2.14. The number of rotatable bonds is 4. The third-order valence-corrected chi connectivity index (χ3v) is 0.468. The average Bonchev–Trinajstić information content (AvgIpc) is 1.66. The molecule has 0 radical (unpaired) electrons. The molecule has 0 fully saturated rings. The molecule has 48 valence electrons. The van der Waals surface area contributed by atoms with Crippen LogP contribution in [0.2, 0.25) is 0 Å². The first-order valence-electron chi connectivity index (χ1n) is 2.07. The first kappa shape index (κ1) is 7.86. The van der Waals surface area contributed by atoms with Crippen LogP contribution in [0.3, 0.4) is 0 Å². The molecule has 0 amide bonds. The molecule has 0 saturated heterocycles. The summed E-state index contributed by atoms with van der Waals surface area (Å²) in [5.41, 5.74) is 0. The van der Waals surface area contributed by atoms with Crippen LogP contribution in [-0.4, -0.2) is 30.6 Å². The molecule has 5 nitrogen and oxygen atoms in total. The largest absolute Gasteiger partial charge is 0.633 e. The highest BCUT2D eigenvalue weighted by Gasteiger charge is 2.05. The Balaban J connectivity index is 2.72. The van der Waals surface area contributed by atoms with Crippen molar-refractivity contribution in [2.45, 2.75) is 0 Å². The Hall–Kier alpha value is -0.135. The smallest absolute Gasteiger partial charge is 0.402 e. The molecule has 0 aliphatic carbocycles. The van der Waals surface area contributed by atoms with Crippen molar-refractivity contribution in [2.24, 2.45) is 5.90 Å². The summed E-state index contributed by atoms with van der Waals surface area (Å²) in [6.45, 7) is 0.228. The van der Waals surface area contributed by atoms with Crippen LogP contribution in [0.5, 0.6) is 0 Å². The van der Waals surface area contributed by atoms with Gasteiger partial charge in [0.05, 0.1) is 13.2 Å². The van der Waals surface area contributed by atoms with Gasteiger partial charge in [0.15, 0.2) is 0 Å². The number of hydrogen-bond acceptors (Lipinski definition) is 5. The van der Waals surface area contributed by atoms with E-state index in [1.165, 1.54) is 0 Å².